The summed E-state index contributed by atoms with van der Waals surface area (Å²) in [7, 11) is 0. The first-order valence-electron chi connectivity index (χ1n) is 6.15. The van der Waals surface area contributed by atoms with Gasteiger partial charge >= 0.3 is 0 Å². The number of nitrogens with zero attached hydrogens (tertiary/aromatic N) is 1. The lowest BCUT2D eigenvalue weighted by atomic mass is 9.97. The van der Waals surface area contributed by atoms with Crippen molar-refractivity contribution in [1.82, 2.24) is 4.90 Å². The van der Waals surface area contributed by atoms with Gasteiger partial charge in [-0.05, 0) is 38.7 Å². The maximum Gasteiger partial charge on any atom is 0.0645 e. The molecule has 1 heterocycles. The van der Waals surface area contributed by atoms with Gasteiger partial charge in [-0.2, -0.15) is 11.8 Å². The van der Waals surface area contributed by atoms with Crippen molar-refractivity contribution in [3.8, 4) is 0 Å². The fourth-order valence-corrected chi connectivity index (χ4v) is 2.87. The number of nitrogens with two attached hydrogens (primary N) is 1. The van der Waals surface area contributed by atoms with E-state index >= 15 is 0 Å². The Morgan fingerprint density at radius 2 is 2.25 bits per heavy atom. The van der Waals surface area contributed by atoms with Crippen LogP contribution in [0.3, 0.4) is 0 Å². The molecule has 1 unspecified atom stereocenters. The van der Waals surface area contributed by atoms with Gasteiger partial charge < -0.3 is 10.5 Å². The fourth-order valence-electron chi connectivity index (χ4n) is 2.41. The summed E-state index contributed by atoms with van der Waals surface area (Å²) in [5.74, 6) is 1.24. The van der Waals surface area contributed by atoms with Crippen molar-refractivity contribution >= 4 is 11.8 Å². The van der Waals surface area contributed by atoms with Crippen LogP contribution in [0.5, 0.6) is 0 Å². The molecule has 0 amide bonds. The quantitative estimate of drug-likeness (QED) is 0.722. The van der Waals surface area contributed by atoms with E-state index in [1.807, 2.05) is 11.8 Å². The average Bonchev–Trinajstić information content (AvgIpc) is 2.25. The van der Waals surface area contributed by atoms with E-state index in [2.05, 4.69) is 25.0 Å². The summed E-state index contributed by atoms with van der Waals surface area (Å²) >= 11 is 1.92. The van der Waals surface area contributed by atoms with Crippen molar-refractivity contribution in [2.24, 2.45) is 5.73 Å². The summed E-state index contributed by atoms with van der Waals surface area (Å²) in [5, 5.41) is 0. The highest BCUT2D eigenvalue weighted by Crippen LogP contribution is 2.23. The second-order valence-corrected chi connectivity index (χ2v) is 6.07. The zero-order valence-electron chi connectivity index (χ0n) is 10.9. The minimum atomic E-state index is 0.141. The first kappa shape index (κ1) is 14.3. The molecule has 1 atom stereocenters. The van der Waals surface area contributed by atoms with Gasteiger partial charge in [-0.25, -0.2) is 0 Å². The molecule has 1 aliphatic rings. The van der Waals surface area contributed by atoms with Gasteiger partial charge in [0.05, 0.1) is 13.2 Å². The van der Waals surface area contributed by atoms with Crippen LogP contribution in [0.15, 0.2) is 0 Å². The van der Waals surface area contributed by atoms with Crippen molar-refractivity contribution in [2.75, 3.05) is 38.3 Å². The lowest BCUT2D eigenvalue weighted by molar-refractivity contribution is -0.0716. The molecule has 2 N–H and O–H groups in total. The van der Waals surface area contributed by atoms with E-state index in [1.165, 1.54) is 18.6 Å². The Kier molecular flexibility index (Phi) is 6.11. The molecular formula is C12H26N2OS. The van der Waals surface area contributed by atoms with Gasteiger partial charge in [0.25, 0.3) is 0 Å². The minimum Gasteiger partial charge on any atom is -0.378 e. The van der Waals surface area contributed by atoms with Gasteiger partial charge in [0, 0.05) is 24.7 Å². The smallest absolute Gasteiger partial charge is 0.0645 e. The Balaban J connectivity index is 2.49. The van der Waals surface area contributed by atoms with Crippen molar-refractivity contribution in [2.45, 2.75) is 38.3 Å². The van der Waals surface area contributed by atoms with E-state index < -0.39 is 0 Å². The molecule has 1 saturated heterocycles. The molecule has 0 radical (unpaired) electrons. The van der Waals surface area contributed by atoms with E-state index in [0.29, 0.717) is 6.04 Å². The lowest BCUT2D eigenvalue weighted by Gasteiger charge is -2.46. The zero-order valence-corrected chi connectivity index (χ0v) is 11.7. The average molecular weight is 246 g/mol. The van der Waals surface area contributed by atoms with Gasteiger partial charge in [0.2, 0.25) is 0 Å². The van der Waals surface area contributed by atoms with Gasteiger partial charge in [-0.3, -0.25) is 4.90 Å². The molecule has 0 aliphatic carbocycles. The van der Waals surface area contributed by atoms with Crippen molar-refractivity contribution in [3.05, 3.63) is 0 Å². The van der Waals surface area contributed by atoms with Crippen LogP contribution in [-0.4, -0.2) is 54.8 Å². The molecule has 96 valence electrons. The third-order valence-corrected chi connectivity index (χ3v) is 4.00. The normalized spacial score (nSPS) is 23.2. The zero-order chi connectivity index (χ0) is 12.0. The molecule has 1 aliphatic heterocycles. The largest absolute Gasteiger partial charge is 0.378 e. The van der Waals surface area contributed by atoms with Crippen LogP contribution in [0, 0.1) is 0 Å². The van der Waals surface area contributed by atoms with E-state index in [1.54, 1.807) is 0 Å². The Bertz CT molecular complexity index is 199. The Morgan fingerprint density at radius 3 is 2.81 bits per heavy atom. The fraction of sp³-hybridized carbons (Fsp3) is 1.00. The first-order chi connectivity index (χ1) is 7.61. The molecule has 1 rings (SSSR count). The SMILES string of the molecule is CSCCCC(CN)N1CCOCC1(C)C. The predicted molar refractivity (Wildman–Crippen MR) is 72.1 cm³/mol. The molecule has 0 bridgehead atoms. The maximum absolute atomic E-state index is 5.92. The molecule has 4 heteroatoms. The number of rotatable bonds is 6. The summed E-state index contributed by atoms with van der Waals surface area (Å²) in [6.07, 6.45) is 4.63. The van der Waals surface area contributed by atoms with Crippen LogP contribution in [0.2, 0.25) is 0 Å². The van der Waals surface area contributed by atoms with Crippen LogP contribution in [0.25, 0.3) is 0 Å². The standard InChI is InChI=1S/C12H26N2OS/c1-12(2)10-15-7-6-14(12)11(9-13)5-4-8-16-3/h11H,4-10,13H2,1-3H3. The van der Waals surface area contributed by atoms with Gasteiger partial charge in [0.15, 0.2) is 0 Å². The molecule has 3 nitrogen and oxygen atoms in total. The molecule has 0 aromatic carbocycles. The third-order valence-electron chi connectivity index (χ3n) is 3.31. The third kappa shape index (κ3) is 3.91. The highest BCUT2D eigenvalue weighted by Gasteiger charge is 2.34. The number of hydrogen-bond donors (Lipinski definition) is 1. The number of hydrogen-bond acceptors (Lipinski definition) is 4. The Hall–Kier alpha value is 0.230. The Morgan fingerprint density at radius 1 is 1.50 bits per heavy atom. The van der Waals surface area contributed by atoms with Crippen LogP contribution in [0.1, 0.15) is 26.7 Å². The van der Waals surface area contributed by atoms with E-state index in [4.69, 9.17) is 10.5 Å². The second-order valence-electron chi connectivity index (χ2n) is 5.08. The van der Waals surface area contributed by atoms with Crippen molar-refractivity contribution < 1.29 is 4.74 Å². The summed E-state index contributed by atoms with van der Waals surface area (Å²) in [5.41, 5.74) is 6.06. The first-order valence-corrected chi connectivity index (χ1v) is 7.54. The summed E-state index contributed by atoms with van der Waals surface area (Å²) in [4.78, 5) is 2.54. The topological polar surface area (TPSA) is 38.5 Å². The molecule has 0 spiro atoms. The maximum atomic E-state index is 5.92. The van der Waals surface area contributed by atoms with Gasteiger partial charge in [-0.15, -0.1) is 0 Å². The monoisotopic (exact) mass is 246 g/mol. The summed E-state index contributed by atoms with van der Waals surface area (Å²) < 4.78 is 5.55. The molecule has 0 saturated carbocycles. The van der Waals surface area contributed by atoms with E-state index in [0.717, 1.165) is 26.3 Å². The Labute approximate surface area is 104 Å². The number of morpholine rings is 1. The van der Waals surface area contributed by atoms with Crippen LogP contribution in [-0.2, 0) is 4.74 Å². The number of thioether (sulfide) groups is 1. The highest BCUT2D eigenvalue weighted by atomic mass is 32.2. The molecule has 16 heavy (non-hydrogen) atoms. The van der Waals surface area contributed by atoms with Crippen LogP contribution in [0.4, 0.5) is 0 Å². The minimum absolute atomic E-state index is 0.141. The van der Waals surface area contributed by atoms with E-state index in [-0.39, 0.29) is 5.54 Å². The molecule has 1 fully saturated rings. The predicted octanol–water partition coefficient (Wildman–Crippen LogP) is 1.57. The highest BCUT2D eigenvalue weighted by molar-refractivity contribution is 7.98. The van der Waals surface area contributed by atoms with Crippen molar-refractivity contribution in [3.63, 3.8) is 0 Å². The van der Waals surface area contributed by atoms with Gasteiger partial charge in [0.1, 0.15) is 0 Å². The summed E-state index contributed by atoms with van der Waals surface area (Å²) in [6, 6.07) is 0.519. The van der Waals surface area contributed by atoms with Crippen LogP contribution >= 0.6 is 11.8 Å². The molecule has 0 aromatic rings. The summed E-state index contributed by atoms with van der Waals surface area (Å²) in [6.45, 7) is 7.97. The van der Waals surface area contributed by atoms with Gasteiger partial charge in [-0.1, -0.05) is 0 Å². The lowest BCUT2D eigenvalue weighted by Crippen LogP contribution is -2.58. The van der Waals surface area contributed by atoms with Crippen LogP contribution < -0.4 is 5.73 Å². The molecular weight excluding hydrogens is 220 g/mol. The number of ether oxygens (including phenoxy) is 1. The van der Waals surface area contributed by atoms with Crippen molar-refractivity contribution in [1.29, 1.82) is 0 Å². The molecule has 0 aromatic heterocycles. The van der Waals surface area contributed by atoms with E-state index in [9.17, 15) is 0 Å². The second kappa shape index (κ2) is 6.84.